The molecule has 0 spiro atoms. The standard InChI is InChI=1S/C19H35N5O2S/c1-14(2)24(18(25)26-19(4,5)6)12-8-10-21-17(20-7)22-11-9-16-23-13-15(3)27-16/h13-14H,8-12H2,1-7H3,(H2,20,21,22). The Balaban J connectivity index is 2.32. The lowest BCUT2D eigenvalue weighted by Gasteiger charge is -2.30. The van der Waals surface area contributed by atoms with Gasteiger partial charge < -0.3 is 20.3 Å². The molecule has 0 aliphatic rings. The van der Waals surface area contributed by atoms with Crippen molar-refractivity contribution < 1.29 is 9.53 Å². The molecule has 1 aromatic rings. The van der Waals surface area contributed by atoms with Gasteiger partial charge in [-0.3, -0.25) is 4.99 Å². The summed E-state index contributed by atoms with van der Waals surface area (Å²) in [5.41, 5.74) is -0.482. The molecular weight excluding hydrogens is 362 g/mol. The van der Waals surface area contributed by atoms with Crippen LogP contribution in [0.2, 0.25) is 0 Å². The van der Waals surface area contributed by atoms with Gasteiger partial charge in [-0.15, -0.1) is 11.3 Å². The molecule has 1 amide bonds. The van der Waals surface area contributed by atoms with Crippen LogP contribution in [0.3, 0.4) is 0 Å². The van der Waals surface area contributed by atoms with E-state index in [0.717, 1.165) is 36.9 Å². The van der Waals surface area contributed by atoms with Gasteiger partial charge in [-0.05, 0) is 48.0 Å². The van der Waals surface area contributed by atoms with Gasteiger partial charge >= 0.3 is 6.09 Å². The van der Waals surface area contributed by atoms with Crippen LogP contribution in [-0.2, 0) is 11.2 Å². The Kier molecular flexibility index (Phi) is 9.55. The Labute approximate surface area is 167 Å². The second-order valence-electron chi connectivity index (χ2n) is 7.66. The third-order valence-electron chi connectivity index (χ3n) is 3.64. The molecule has 0 saturated heterocycles. The summed E-state index contributed by atoms with van der Waals surface area (Å²) in [4.78, 5) is 23.9. The monoisotopic (exact) mass is 397 g/mol. The van der Waals surface area contributed by atoms with Crippen LogP contribution in [0.5, 0.6) is 0 Å². The molecule has 0 atom stereocenters. The summed E-state index contributed by atoms with van der Waals surface area (Å²) < 4.78 is 5.48. The molecular formula is C19H35N5O2S. The van der Waals surface area contributed by atoms with Crippen LogP contribution < -0.4 is 10.6 Å². The number of amides is 1. The molecule has 0 aliphatic carbocycles. The van der Waals surface area contributed by atoms with Crippen LogP contribution in [0.4, 0.5) is 4.79 Å². The van der Waals surface area contributed by atoms with E-state index in [1.165, 1.54) is 4.88 Å². The van der Waals surface area contributed by atoms with Crippen molar-refractivity contribution in [2.75, 3.05) is 26.7 Å². The first-order chi connectivity index (χ1) is 12.6. The fourth-order valence-electron chi connectivity index (χ4n) is 2.36. The number of hydrogen-bond donors (Lipinski definition) is 2. The molecule has 0 aromatic carbocycles. The number of aliphatic imine (C=N–C) groups is 1. The molecule has 1 heterocycles. The number of aryl methyl sites for hydroxylation is 1. The number of ether oxygens (including phenoxy) is 1. The first-order valence-electron chi connectivity index (χ1n) is 9.48. The van der Waals surface area contributed by atoms with Crippen molar-refractivity contribution in [2.45, 2.75) is 66.0 Å². The summed E-state index contributed by atoms with van der Waals surface area (Å²) in [6.45, 7) is 13.8. The van der Waals surface area contributed by atoms with E-state index in [-0.39, 0.29) is 12.1 Å². The number of carbonyl (C=O) groups excluding carboxylic acids is 1. The van der Waals surface area contributed by atoms with Gasteiger partial charge in [-0.25, -0.2) is 9.78 Å². The summed E-state index contributed by atoms with van der Waals surface area (Å²) >= 11 is 1.72. The van der Waals surface area contributed by atoms with Crippen LogP contribution in [0, 0.1) is 6.92 Å². The number of aromatic nitrogens is 1. The molecule has 0 aliphatic heterocycles. The van der Waals surface area contributed by atoms with Gasteiger partial charge in [-0.2, -0.15) is 0 Å². The summed E-state index contributed by atoms with van der Waals surface area (Å²) in [6, 6.07) is 0.0963. The second kappa shape index (κ2) is 11.1. The molecule has 8 heteroatoms. The predicted octanol–water partition coefficient (Wildman–Crippen LogP) is 3.19. The number of nitrogens with zero attached hydrogens (tertiary/aromatic N) is 3. The lowest BCUT2D eigenvalue weighted by atomic mass is 10.2. The highest BCUT2D eigenvalue weighted by molar-refractivity contribution is 7.11. The first-order valence-corrected chi connectivity index (χ1v) is 10.3. The number of thiazole rings is 1. The number of nitrogens with one attached hydrogen (secondary N) is 2. The Bertz CT molecular complexity index is 607. The zero-order valence-electron chi connectivity index (χ0n) is 17.8. The fourth-order valence-corrected chi connectivity index (χ4v) is 3.15. The van der Waals surface area contributed by atoms with E-state index >= 15 is 0 Å². The number of carbonyl (C=O) groups is 1. The molecule has 1 aromatic heterocycles. The van der Waals surface area contributed by atoms with Crippen molar-refractivity contribution >= 4 is 23.4 Å². The first kappa shape index (κ1) is 23.2. The fraction of sp³-hybridized carbons (Fsp3) is 0.737. The maximum atomic E-state index is 12.3. The van der Waals surface area contributed by atoms with Crippen LogP contribution in [0.1, 0.15) is 50.9 Å². The quantitative estimate of drug-likeness (QED) is 0.400. The molecule has 2 N–H and O–H groups in total. The van der Waals surface area contributed by atoms with E-state index < -0.39 is 5.60 Å². The SMILES string of the molecule is CN=C(NCCCN(C(=O)OC(C)(C)C)C(C)C)NCCc1ncc(C)s1. The van der Waals surface area contributed by atoms with Crippen molar-refractivity contribution in [1.82, 2.24) is 20.5 Å². The van der Waals surface area contributed by atoms with E-state index in [0.29, 0.717) is 6.54 Å². The molecule has 154 valence electrons. The van der Waals surface area contributed by atoms with Gasteiger partial charge in [0.1, 0.15) is 5.60 Å². The third-order valence-corrected chi connectivity index (χ3v) is 4.62. The Hall–Kier alpha value is -1.83. The van der Waals surface area contributed by atoms with Crippen LogP contribution in [0.15, 0.2) is 11.2 Å². The molecule has 0 bridgehead atoms. The highest BCUT2D eigenvalue weighted by Crippen LogP contribution is 2.12. The van der Waals surface area contributed by atoms with Crippen LogP contribution in [0.25, 0.3) is 0 Å². The van der Waals surface area contributed by atoms with Gasteiger partial charge in [-0.1, -0.05) is 0 Å². The van der Waals surface area contributed by atoms with Crippen molar-refractivity contribution in [3.05, 3.63) is 16.1 Å². The summed E-state index contributed by atoms with van der Waals surface area (Å²) in [5.74, 6) is 0.761. The van der Waals surface area contributed by atoms with Crippen LogP contribution in [-0.4, -0.2) is 60.3 Å². The van der Waals surface area contributed by atoms with Crippen LogP contribution >= 0.6 is 11.3 Å². The largest absolute Gasteiger partial charge is 0.444 e. The van der Waals surface area contributed by atoms with E-state index in [9.17, 15) is 4.79 Å². The molecule has 27 heavy (non-hydrogen) atoms. The van der Waals surface area contributed by atoms with E-state index in [1.807, 2.05) is 40.8 Å². The second-order valence-corrected chi connectivity index (χ2v) is 8.98. The Morgan fingerprint density at radius 1 is 1.33 bits per heavy atom. The minimum Gasteiger partial charge on any atom is -0.444 e. The van der Waals surface area contributed by atoms with Gasteiger partial charge in [0, 0.05) is 50.2 Å². The average molecular weight is 398 g/mol. The van der Waals surface area contributed by atoms with Crippen molar-refractivity contribution in [1.29, 1.82) is 0 Å². The number of rotatable bonds is 8. The lowest BCUT2D eigenvalue weighted by molar-refractivity contribution is 0.0190. The maximum Gasteiger partial charge on any atom is 0.410 e. The van der Waals surface area contributed by atoms with E-state index in [2.05, 4.69) is 27.5 Å². The number of hydrogen-bond acceptors (Lipinski definition) is 5. The maximum absolute atomic E-state index is 12.3. The molecule has 7 nitrogen and oxygen atoms in total. The summed E-state index contributed by atoms with van der Waals surface area (Å²) in [6.07, 6.45) is 3.32. The molecule has 0 saturated carbocycles. The highest BCUT2D eigenvalue weighted by Gasteiger charge is 2.23. The Morgan fingerprint density at radius 2 is 2.00 bits per heavy atom. The Morgan fingerprint density at radius 3 is 2.52 bits per heavy atom. The third kappa shape index (κ3) is 9.60. The number of guanidine groups is 1. The van der Waals surface area contributed by atoms with E-state index in [4.69, 9.17) is 4.74 Å². The normalized spacial score (nSPS) is 12.2. The minimum absolute atomic E-state index is 0.0963. The smallest absolute Gasteiger partial charge is 0.410 e. The average Bonchev–Trinajstić information content (AvgIpc) is 2.96. The topological polar surface area (TPSA) is 78.9 Å². The molecule has 1 rings (SSSR count). The zero-order valence-corrected chi connectivity index (χ0v) is 18.6. The van der Waals surface area contributed by atoms with Gasteiger partial charge in [0.2, 0.25) is 0 Å². The van der Waals surface area contributed by atoms with E-state index in [1.54, 1.807) is 23.3 Å². The molecule has 0 fully saturated rings. The van der Waals surface area contributed by atoms with Gasteiger partial charge in [0.05, 0.1) is 5.01 Å². The summed E-state index contributed by atoms with van der Waals surface area (Å²) in [7, 11) is 1.75. The van der Waals surface area contributed by atoms with Gasteiger partial charge in [0.15, 0.2) is 5.96 Å². The minimum atomic E-state index is -0.482. The predicted molar refractivity (Wildman–Crippen MR) is 113 cm³/mol. The molecule has 0 radical (unpaired) electrons. The lowest BCUT2D eigenvalue weighted by Crippen LogP contribution is -2.43. The van der Waals surface area contributed by atoms with Crippen molar-refractivity contribution in [2.24, 2.45) is 4.99 Å². The van der Waals surface area contributed by atoms with Gasteiger partial charge in [0.25, 0.3) is 0 Å². The van der Waals surface area contributed by atoms with Crippen molar-refractivity contribution in [3.8, 4) is 0 Å². The highest BCUT2D eigenvalue weighted by atomic mass is 32.1. The summed E-state index contributed by atoms with van der Waals surface area (Å²) in [5, 5.41) is 7.70. The zero-order chi connectivity index (χ0) is 20.4. The molecule has 0 unspecified atom stereocenters. The van der Waals surface area contributed by atoms with Crippen molar-refractivity contribution in [3.63, 3.8) is 0 Å².